The molecule has 186 valence electrons. The number of carboxylic acids is 1. The van der Waals surface area contributed by atoms with Gasteiger partial charge in [-0.15, -0.1) is 0 Å². The van der Waals surface area contributed by atoms with Gasteiger partial charge in [-0.1, -0.05) is 43.4 Å². The monoisotopic (exact) mass is 514 g/mol. The number of unbranched alkanes of at least 4 members (excludes halogenated alkanes) is 2. The Morgan fingerprint density at radius 1 is 1.23 bits per heavy atom. The highest BCUT2D eigenvalue weighted by Crippen LogP contribution is 2.34. The Labute approximate surface area is 214 Å². The lowest BCUT2D eigenvalue weighted by atomic mass is 9.99. The summed E-state index contributed by atoms with van der Waals surface area (Å²) < 4.78 is 2.00. The van der Waals surface area contributed by atoms with Crippen molar-refractivity contribution in [1.82, 2.24) is 14.3 Å². The van der Waals surface area contributed by atoms with E-state index >= 15 is 0 Å². The molecular formula is C25H30N4O4S2. The average Bonchev–Trinajstić information content (AvgIpc) is 3.08. The van der Waals surface area contributed by atoms with Gasteiger partial charge in [0.05, 0.1) is 10.5 Å². The van der Waals surface area contributed by atoms with E-state index in [-0.39, 0.29) is 17.9 Å². The molecule has 0 bridgehead atoms. The molecule has 0 aromatic carbocycles. The fourth-order valence-corrected chi connectivity index (χ4v) is 5.67. The second-order valence-corrected chi connectivity index (χ2v) is 11.0. The number of anilines is 1. The molecule has 8 nitrogen and oxygen atoms in total. The molecule has 0 spiro atoms. The number of thiocarbonyl (C=S) groups is 1. The number of hydrogen-bond donors (Lipinski definition) is 1. The largest absolute Gasteiger partial charge is 0.481 e. The summed E-state index contributed by atoms with van der Waals surface area (Å²) in [6.45, 7) is 6.22. The van der Waals surface area contributed by atoms with Gasteiger partial charge in [0.15, 0.2) is 0 Å². The molecule has 0 atom stereocenters. The van der Waals surface area contributed by atoms with Crippen molar-refractivity contribution in [3.8, 4) is 0 Å². The highest BCUT2D eigenvalue weighted by molar-refractivity contribution is 8.26. The van der Waals surface area contributed by atoms with Crippen molar-refractivity contribution in [3.63, 3.8) is 0 Å². The number of hydrogen-bond acceptors (Lipinski definition) is 7. The van der Waals surface area contributed by atoms with E-state index in [2.05, 4.69) is 11.8 Å². The zero-order chi connectivity index (χ0) is 25.1. The minimum absolute atomic E-state index is 0.120. The summed E-state index contributed by atoms with van der Waals surface area (Å²) in [7, 11) is 0. The number of carboxylic acid groups (broad SMARTS) is 1. The number of piperidine rings is 1. The maximum atomic E-state index is 13.6. The first-order valence-electron chi connectivity index (χ1n) is 12.0. The first kappa shape index (κ1) is 25.4. The number of thioether (sulfide) groups is 1. The Kier molecular flexibility index (Phi) is 7.91. The number of amides is 1. The predicted octanol–water partition coefficient (Wildman–Crippen LogP) is 4.09. The molecule has 0 aliphatic carbocycles. The van der Waals surface area contributed by atoms with Crippen molar-refractivity contribution in [2.24, 2.45) is 5.92 Å². The predicted molar refractivity (Wildman–Crippen MR) is 143 cm³/mol. The summed E-state index contributed by atoms with van der Waals surface area (Å²) in [6, 6.07) is 3.78. The summed E-state index contributed by atoms with van der Waals surface area (Å²) in [5.74, 6) is 0.212. The molecule has 1 amide bonds. The van der Waals surface area contributed by atoms with Gasteiger partial charge in [0.25, 0.3) is 11.5 Å². The second kappa shape index (κ2) is 10.9. The Bertz CT molecular complexity index is 1250. The SMILES string of the molecule is Cc1ccc2nc(N3CCC(C)CC3)c(C=C3SC(=S)N(CCCCCC(=O)O)C3=O)c(=O)n2c1. The van der Waals surface area contributed by atoms with Crippen molar-refractivity contribution in [2.45, 2.75) is 52.4 Å². The quantitative estimate of drug-likeness (QED) is 0.320. The molecule has 1 N–H and O–H groups in total. The number of aliphatic carboxylic acids is 1. The third-order valence-electron chi connectivity index (χ3n) is 6.49. The number of pyridine rings is 1. The van der Waals surface area contributed by atoms with Gasteiger partial charge in [-0.25, -0.2) is 4.98 Å². The van der Waals surface area contributed by atoms with E-state index in [0.29, 0.717) is 58.0 Å². The summed E-state index contributed by atoms with van der Waals surface area (Å²) in [5, 5.41) is 8.78. The van der Waals surface area contributed by atoms with Crippen LogP contribution in [-0.4, -0.2) is 55.2 Å². The minimum atomic E-state index is -0.817. The Morgan fingerprint density at radius 3 is 2.69 bits per heavy atom. The Hall–Kier alpha value is -2.72. The number of carbonyl (C=O) groups is 2. The van der Waals surface area contributed by atoms with Crippen LogP contribution in [0, 0.1) is 12.8 Å². The standard InChI is InChI=1S/C25H30N4O4S2/c1-16-9-12-27(13-10-16)22-18(23(32)29-15-17(2)7-8-20(29)26-22)14-19-24(33)28(25(34)35-19)11-5-3-4-6-21(30)31/h7-8,14-16H,3-6,9-13H2,1-2H3,(H,30,31). The first-order chi connectivity index (χ1) is 16.7. The molecular weight excluding hydrogens is 484 g/mol. The number of rotatable bonds is 8. The van der Waals surface area contributed by atoms with Crippen LogP contribution in [0.15, 0.2) is 28.0 Å². The Morgan fingerprint density at radius 2 is 1.97 bits per heavy atom. The molecule has 2 aromatic heterocycles. The third-order valence-corrected chi connectivity index (χ3v) is 7.87. The zero-order valence-corrected chi connectivity index (χ0v) is 21.7. The highest BCUT2D eigenvalue weighted by Gasteiger charge is 2.32. The molecule has 4 heterocycles. The van der Waals surface area contributed by atoms with Crippen LogP contribution in [0.2, 0.25) is 0 Å². The van der Waals surface area contributed by atoms with Crippen molar-refractivity contribution in [3.05, 3.63) is 44.7 Å². The fraction of sp³-hybridized carbons (Fsp3) is 0.480. The summed E-state index contributed by atoms with van der Waals surface area (Å²) in [6.07, 6.45) is 7.54. The molecule has 2 saturated heterocycles. The van der Waals surface area contributed by atoms with Gasteiger partial charge in [-0.3, -0.25) is 23.7 Å². The van der Waals surface area contributed by atoms with E-state index < -0.39 is 5.97 Å². The highest BCUT2D eigenvalue weighted by atomic mass is 32.2. The molecule has 0 unspecified atom stereocenters. The molecule has 35 heavy (non-hydrogen) atoms. The Balaban J connectivity index is 1.64. The van der Waals surface area contributed by atoms with Crippen LogP contribution in [0.4, 0.5) is 5.82 Å². The van der Waals surface area contributed by atoms with Crippen LogP contribution in [0.5, 0.6) is 0 Å². The van der Waals surface area contributed by atoms with Gasteiger partial charge >= 0.3 is 5.97 Å². The molecule has 10 heteroatoms. The molecule has 2 fully saturated rings. The van der Waals surface area contributed by atoms with E-state index in [9.17, 15) is 14.4 Å². The van der Waals surface area contributed by atoms with Crippen LogP contribution in [0.25, 0.3) is 11.7 Å². The van der Waals surface area contributed by atoms with Crippen LogP contribution >= 0.6 is 24.0 Å². The zero-order valence-electron chi connectivity index (χ0n) is 20.0. The van der Waals surface area contributed by atoms with Gasteiger partial charge in [0.1, 0.15) is 15.8 Å². The van der Waals surface area contributed by atoms with Gasteiger partial charge in [0.2, 0.25) is 0 Å². The third kappa shape index (κ3) is 5.75. The average molecular weight is 515 g/mol. The molecule has 0 radical (unpaired) electrons. The van der Waals surface area contributed by atoms with Crippen LogP contribution in [-0.2, 0) is 9.59 Å². The van der Waals surface area contributed by atoms with E-state index in [1.54, 1.807) is 21.6 Å². The van der Waals surface area contributed by atoms with Gasteiger partial charge in [-0.05, 0) is 56.2 Å². The molecule has 0 saturated carbocycles. The number of carbonyl (C=O) groups excluding carboxylic acids is 1. The van der Waals surface area contributed by atoms with Crippen LogP contribution in [0.3, 0.4) is 0 Å². The van der Waals surface area contributed by atoms with E-state index in [0.717, 1.165) is 31.5 Å². The van der Waals surface area contributed by atoms with Gasteiger partial charge in [-0.2, -0.15) is 0 Å². The van der Waals surface area contributed by atoms with E-state index in [1.807, 2.05) is 19.1 Å². The maximum absolute atomic E-state index is 13.6. The van der Waals surface area contributed by atoms with Crippen molar-refractivity contribution < 1.29 is 14.7 Å². The van der Waals surface area contributed by atoms with Crippen LogP contribution in [0.1, 0.15) is 56.6 Å². The van der Waals surface area contributed by atoms with Crippen molar-refractivity contribution in [2.75, 3.05) is 24.5 Å². The number of aryl methyl sites for hydroxylation is 1. The lowest BCUT2D eigenvalue weighted by Crippen LogP contribution is -2.36. The summed E-state index contributed by atoms with van der Waals surface area (Å²) >= 11 is 6.65. The molecule has 2 aliphatic heterocycles. The second-order valence-electron chi connectivity index (χ2n) is 9.30. The molecule has 2 aliphatic rings. The molecule has 4 rings (SSSR count). The molecule has 2 aromatic rings. The number of nitrogens with zero attached hydrogens (tertiary/aromatic N) is 4. The minimum Gasteiger partial charge on any atom is -0.481 e. The first-order valence-corrected chi connectivity index (χ1v) is 13.2. The number of aromatic nitrogens is 2. The van der Waals surface area contributed by atoms with Gasteiger partial charge < -0.3 is 10.0 Å². The van der Waals surface area contributed by atoms with Crippen LogP contribution < -0.4 is 10.5 Å². The lowest BCUT2D eigenvalue weighted by molar-refractivity contribution is -0.137. The lowest BCUT2D eigenvalue weighted by Gasteiger charge is -2.32. The normalized spacial score (nSPS) is 18.3. The van der Waals surface area contributed by atoms with Gasteiger partial charge in [0, 0.05) is 32.3 Å². The van der Waals surface area contributed by atoms with Crippen molar-refractivity contribution in [1.29, 1.82) is 0 Å². The smallest absolute Gasteiger partial charge is 0.303 e. The van der Waals surface area contributed by atoms with E-state index in [1.165, 1.54) is 11.8 Å². The summed E-state index contributed by atoms with van der Waals surface area (Å²) in [5.41, 5.74) is 1.73. The number of fused-ring (bicyclic) bond motifs is 1. The van der Waals surface area contributed by atoms with Crippen molar-refractivity contribution >= 4 is 57.7 Å². The maximum Gasteiger partial charge on any atom is 0.303 e. The van der Waals surface area contributed by atoms with E-state index in [4.69, 9.17) is 22.3 Å². The summed E-state index contributed by atoms with van der Waals surface area (Å²) in [4.78, 5) is 46.4. The fourth-order valence-electron chi connectivity index (χ4n) is 4.38. The topological polar surface area (TPSA) is 95.2 Å².